The van der Waals surface area contributed by atoms with E-state index in [9.17, 15) is 0 Å². The van der Waals surface area contributed by atoms with E-state index >= 15 is 0 Å². The highest BCUT2D eigenvalue weighted by atomic mass is 16.5. The molecule has 0 unspecified atom stereocenters. The molecule has 0 heterocycles. The molecule has 0 radical (unpaired) electrons. The quantitative estimate of drug-likeness (QED) is 0.543. The van der Waals surface area contributed by atoms with Gasteiger partial charge in [0, 0.05) is 5.41 Å². The number of hydrogen-bond acceptors (Lipinski definition) is 2. The fourth-order valence-electron chi connectivity index (χ4n) is 2.99. The third kappa shape index (κ3) is 6.99. The summed E-state index contributed by atoms with van der Waals surface area (Å²) in [6.45, 7) is 2.16. The lowest BCUT2D eigenvalue weighted by Crippen LogP contribution is -2.33. The molecule has 2 nitrogen and oxygen atoms in total. The van der Waals surface area contributed by atoms with E-state index in [4.69, 9.17) is 22.3 Å². The molecule has 0 aromatic rings. The minimum Gasteiger partial charge on any atom is -0.368 e. The molecule has 0 N–H and O–H groups in total. The first-order valence-electron chi connectivity index (χ1n) is 7.85. The summed E-state index contributed by atoms with van der Waals surface area (Å²) in [5, 5.41) is 0. The van der Waals surface area contributed by atoms with Gasteiger partial charge < -0.3 is 9.47 Å². The standard InChI is InChI=1S/C18H28O2/c1-3-14-19-16-18(17-20-15-4-2)12-10-8-6-5-7-9-11-13-18/h1-2H,5-17H2. The molecule has 112 valence electrons. The van der Waals surface area contributed by atoms with E-state index in [1.165, 1.54) is 44.9 Å². The molecule has 20 heavy (non-hydrogen) atoms. The van der Waals surface area contributed by atoms with Gasteiger partial charge in [0.1, 0.15) is 13.2 Å². The minimum absolute atomic E-state index is 0.102. The Balaban J connectivity index is 2.58. The first kappa shape index (κ1) is 17.1. The van der Waals surface area contributed by atoms with Crippen LogP contribution in [0.5, 0.6) is 0 Å². The van der Waals surface area contributed by atoms with Gasteiger partial charge in [0.15, 0.2) is 0 Å². The van der Waals surface area contributed by atoms with Crippen molar-refractivity contribution in [1.29, 1.82) is 0 Å². The predicted octanol–water partition coefficient (Wildman–Crippen LogP) is 3.80. The summed E-state index contributed by atoms with van der Waals surface area (Å²) in [4.78, 5) is 0. The number of ether oxygens (including phenoxy) is 2. The highest BCUT2D eigenvalue weighted by molar-refractivity contribution is 4.87. The molecule has 0 amide bonds. The summed E-state index contributed by atoms with van der Waals surface area (Å²) in [7, 11) is 0. The minimum atomic E-state index is 0.102. The molecule has 1 saturated carbocycles. The Kier molecular flexibility index (Phi) is 9.22. The monoisotopic (exact) mass is 276 g/mol. The Morgan fingerprint density at radius 2 is 1.10 bits per heavy atom. The summed E-state index contributed by atoms with van der Waals surface area (Å²) < 4.78 is 11.3. The first-order valence-corrected chi connectivity index (χ1v) is 7.85. The van der Waals surface area contributed by atoms with Gasteiger partial charge in [-0.3, -0.25) is 0 Å². The van der Waals surface area contributed by atoms with Crippen molar-refractivity contribution in [2.45, 2.75) is 57.8 Å². The van der Waals surface area contributed by atoms with Crippen molar-refractivity contribution in [2.24, 2.45) is 5.41 Å². The van der Waals surface area contributed by atoms with Gasteiger partial charge in [-0.15, -0.1) is 12.8 Å². The van der Waals surface area contributed by atoms with Gasteiger partial charge in [0.25, 0.3) is 0 Å². The van der Waals surface area contributed by atoms with Gasteiger partial charge >= 0.3 is 0 Å². The van der Waals surface area contributed by atoms with Crippen LogP contribution >= 0.6 is 0 Å². The van der Waals surface area contributed by atoms with Crippen LogP contribution in [0.1, 0.15) is 57.8 Å². The Bertz CT molecular complexity index is 289. The second-order valence-corrected chi connectivity index (χ2v) is 5.87. The van der Waals surface area contributed by atoms with Crippen LogP contribution < -0.4 is 0 Å². The van der Waals surface area contributed by atoms with Crippen LogP contribution in [-0.2, 0) is 9.47 Å². The van der Waals surface area contributed by atoms with Crippen molar-refractivity contribution in [3.05, 3.63) is 0 Å². The lowest BCUT2D eigenvalue weighted by Gasteiger charge is -2.34. The molecule has 0 atom stereocenters. The van der Waals surface area contributed by atoms with Crippen molar-refractivity contribution in [1.82, 2.24) is 0 Å². The van der Waals surface area contributed by atoms with E-state index < -0.39 is 0 Å². The zero-order valence-electron chi connectivity index (χ0n) is 12.7. The Hall–Kier alpha value is -0.960. The van der Waals surface area contributed by atoms with E-state index in [1.54, 1.807) is 0 Å². The molecule has 1 aliphatic rings. The number of rotatable bonds is 6. The highest BCUT2D eigenvalue weighted by Crippen LogP contribution is 2.34. The third-order valence-electron chi connectivity index (χ3n) is 4.10. The average molecular weight is 276 g/mol. The summed E-state index contributed by atoms with van der Waals surface area (Å²) in [6, 6.07) is 0. The van der Waals surface area contributed by atoms with Crippen LogP contribution in [0.4, 0.5) is 0 Å². The van der Waals surface area contributed by atoms with E-state index in [0.29, 0.717) is 26.4 Å². The van der Waals surface area contributed by atoms with E-state index in [1.807, 2.05) is 0 Å². The maximum Gasteiger partial charge on any atom is 0.107 e. The zero-order chi connectivity index (χ0) is 14.5. The van der Waals surface area contributed by atoms with Crippen LogP contribution in [0.3, 0.4) is 0 Å². The largest absolute Gasteiger partial charge is 0.368 e. The molecule has 0 bridgehead atoms. The Labute approximate surface area is 124 Å². The van der Waals surface area contributed by atoms with Crippen molar-refractivity contribution in [2.75, 3.05) is 26.4 Å². The van der Waals surface area contributed by atoms with Crippen molar-refractivity contribution >= 4 is 0 Å². The van der Waals surface area contributed by atoms with Crippen LogP contribution in [-0.4, -0.2) is 26.4 Å². The normalized spacial score (nSPS) is 19.7. The van der Waals surface area contributed by atoms with Crippen molar-refractivity contribution in [3.8, 4) is 24.7 Å². The summed E-state index contributed by atoms with van der Waals surface area (Å²) in [6.07, 6.45) is 22.1. The first-order chi connectivity index (χ1) is 9.83. The van der Waals surface area contributed by atoms with Crippen molar-refractivity contribution < 1.29 is 9.47 Å². The average Bonchev–Trinajstić information content (AvgIpc) is 2.46. The molecule has 0 aromatic heterocycles. The van der Waals surface area contributed by atoms with Crippen LogP contribution in [0, 0.1) is 30.1 Å². The van der Waals surface area contributed by atoms with Crippen LogP contribution in [0.2, 0.25) is 0 Å². The van der Waals surface area contributed by atoms with E-state index in [0.717, 1.165) is 12.8 Å². The van der Waals surface area contributed by atoms with Gasteiger partial charge in [0.05, 0.1) is 13.2 Å². The zero-order valence-corrected chi connectivity index (χ0v) is 12.7. The maximum atomic E-state index is 5.66. The molecule has 1 rings (SSSR count). The lowest BCUT2D eigenvalue weighted by atomic mass is 9.78. The lowest BCUT2D eigenvalue weighted by molar-refractivity contribution is -0.0203. The number of hydrogen-bond donors (Lipinski definition) is 0. The van der Waals surface area contributed by atoms with Gasteiger partial charge in [-0.1, -0.05) is 56.8 Å². The number of terminal acetylenes is 2. The fraction of sp³-hybridized carbons (Fsp3) is 0.778. The SMILES string of the molecule is C#CCOCC1(COCC#C)CCCCCCCCC1. The highest BCUT2D eigenvalue weighted by Gasteiger charge is 2.30. The molecule has 0 aromatic carbocycles. The summed E-state index contributed by atoms with van der Waals surface area (Å²) >= 11 is 0. The molecule has 1 fully saturated rings. The second-order valence-electron chi connectivity index (χ2n) is 5.87. The van der Waals surface area contributed by atoms with Crippen LogP contribution in [0.15, 0.2) is 0 Å². The molecule has 0 spiro atoms. The van der Waals surface area contributed by atoms with E-state index in [2.05, 4.69) is 11.8 Å². The molecule has 0 saturated heterocycles. The predicted molar refractivity (Wildman–Crippen MR) is 83.3 cm³/mol. The summed E-state index contributed by atoms with van der Waals surface area (Å²) in [5.74, 6) is 5.09. The Morgan fingerprint density at radius 1 is 0.700 bits per heavy atom. The van der Waals surface area contributed by atoms with Crippen LogP contribution in [0.25, 0.3) is 0 Å². The fourth-order valence-corrected chi connectivity index (χ4v) is 2.99. The third-order valence-corrected chi connectivity index (χ3v) is 4.10. The smallest absolute Gasteiger partial charge is 0.107 e. The molecular formula is C18H28O2. The van der Waals surface area contributed by atoms with Gasteiger partial charge in [-0.2, -0.15) is 0 Å². The topological polar surface area (TPSA) is 18.5 Å². The second kappa shape index (κ2) is 10.8. The molecular weight excluding hydrogens is 248 g/mol. The van der Waals surface area contributed by atoms with Gasteiger partial charge in [-0.25, -0.2) is 0 Å². The van der Waals surface area contributed by atoms with Gasteiger partial charge in [0.2, 0.25) is 0 Å². The van der Waals surface area contributed by atoms with Gasteiger partial charge in [-0.05, 0) is 12.8 Å². The maximum absolute atomic E-state index is 5.66. The summed E-state index contributed by atoms with van der Waals surface area (Å²) in [5.41, 5.74) is 0.102. The molecule has 2 heteroatoms. The van der Waals surface area contributed by atoms with E-state index in [-0.39, 0.29) is 5.41 Å². The molecule has 1 aliphatic carbocycles. The Morgan fingerprint density at radius 3 is 1.50 bits per heavy atom. The van der Waals surface area contributed by atoms with Crippen molar-refractivity contribution in [3.63, 3.8) is 0 Å². The molecule has 0 aliphatic heterocycles.